The fraction of sp³-hybridized carbons (Fsp3) is 0.480. The van der Waals surface area contributed by atoms with Crippen molar-refractivity contribution < 1.29 is 5.11 Å². The first kappa shape index (κ1) is 17.7. The van der Waals surface area contributed by atoms with Crippen LogP contribution in [0.25, 0.3) is 10.9 Å². The molecule has 0 amide bonds. The highest BCUT2D eigenvalue weighted by atomic mass is 16.3. The maximum Gasteiger partial charge on any atom is 0.109 e. The van der Waals surface area contributed by atoms with E-state index in [1.807, 2.05) is 13.1 Å². The van der Waals surface area contributed by atoms with Crippen molar-refractivity contribution in [1.82, 2.24) is 14.5 Å². The summed E-state index contributed by atoms with van der Waals surface area (Å²) in [7, 11) is 2.29. The summed E-state index contributed by atoms with van der Waals surface area (Å²) in [6.45, 7) is 4.84. The predicted molar refractivity (Wildman–Crippen MR) is 115 cm³/mol. The third-order valence-corrected chi connectivity index (χ3v) is 7.83. The van der Waals surface area contributed by atoms with E-state index in [4.69, 9.17) is 0 Å². The van der Waals surface area contributed by atoms with Crippen LogP contribution in [0.3, 0.4) is 0 Å². The van der Waals surface area contributed by atoms with Crippen LogP contribution in [0.15, 0.2) is 30.5 Å². The molecule has 6 rings (SSSR count). The van der Waals surface area contributed by atoms with Crippen LogP contribution < -0.4 is 0 Å². The molecule has 0 radical (unpaired) electrons. The number of nitrogens with zero attached hydrogens (tertiary/aromatic N) is 3. The van der Waals surface area contributed by atoms with Crippen molar-refractivity contribution in [1.29, 1.82) is 0 Å². The second-order valence-corrected chi connectivity index (χ2v) is 9.60. The molecule has 4 nitrogen and oxygen atoms in total. The Kier molecular flexibility index (Phi) is 3.61. The topological polar surface area (TPSA) is 41.3 Å². The summed E-state index contributed by atoms with van der Waals surface area (Å²) >= 11 is 0. The van der Waals surface area contributed by atoms with Crippen molar-refractivity contribution in [3.8, 4) is 0 Å². The van der Waals surface area contributed by atoms with Gasteiger partial charge in [-0.2, -0.15) is 0 Å². The zero-order valence-corrected chi connectivity index (χ0v) is 17.6. The average molecular weight is 388 g/mol. The highest BCUT2D eigenvalue weighted by molar-refractivity contribution is 5.87. The Morgan fingerprint density at radius 3 is 2.93 bits per heavy atom. The molecular weight excluding hydrogens is 358 g/mol. The summed E-state index contributed by atoms with van der Waals surface area (Å²) in [5.74, 6) is 0. The number of hydrogen-bond donors (Lipinski definition) is 1. The van der Waals surface area contributed by atoms with E-state index in [0.717, 1.165) is 30.5 Å². The molecule has 1 aromatic carbocycles. The van der Waals surface area contributed by atoms with Crippen LogP contribution in [-0.4, -0.2) is 32.6 Å². The minimum Gasteiger partial charge on any atom is -0.383 e. The predicted octanol–water partition coefficient (Wildman–Crippen LogP) is 4.18. The van der Waals surface area contributed by atoms with E-state index >= 15 is 0 Å². The van der Waals surface area contributed by atoms with Crippen LogP contribution in [0.4, 0.5) is 0 Å². The third kappa shape index (κ3) is 2.42. The quantitative estimate of drug-likeness (QED) is 0.717. The SMILES string of the molecule is Cc1ccc2c(c1)c1c(n2CC2(O)CCc3cc(C)ncc32)CC2CCC1N2C. The van der Waals surface area contributed by atoms with Crippen molar-refractivity contribution in [3.63, 3.8) is 0 Å². The number of pyridine rings is 1. The number of fused-ring (bicyclic) bond motifs is 7. The maximum atomic E-state index is 11.7. The van der Waals surface area contributed by atoms with E-state index in [2.05, 4.69) is 52.7 Å². The zero-order valence-electron chi connectivity index (χ0n) is 17.6. The molecule has 1 aliphatic carbocycles. The second kappa shape index (κ2) is 5.93. The van der Waals surface area contributed by atoms with Crippen LogP contribution in [0.2, 0.25) is 0 Å². The first-order valence-electron chi connectivity index (χ1n) is 11.0. The van der Waals surface area contributed by atoms with Crippen LogP contribution in [0.5, 0.6) is 0 Å². The van der Waals surface area contributed by atoms with Crippen LogP contribution >= 0.6 is 0 Å². The van der Waals surface area contributed by atoms with Gasteiger partial charge in [0.1, 0.15) is 5.60 Å². The first-order valence-corrected chi connectivity index (χ1v) is 11.0. The van der Waals surface area contributed by atoms with Crippen molar-refractivity contribution in [3.05, 3.63) is 64.1 Å². The number of benzene rings is 1. The van der Waals surface area contributed by atoms with Crippen molar-refractivity contribution in [2.24, 2.45) is 0 Å². The third-order valence-electron chi connectivity index (χ3n) is 7.83. The molecule has 29 heavy (non-hydrogen) atoms. The van der Waals surface area contributed by atoms with Gasteiger partial charge < -0.3 is 9.67 Å². The monoisotopic (exact) mass is 387 g/mol. The Balaban J connectivity index is 1.53. The van der Waals surface area contributed by atoms with Crippen molar-refractivity contribution >= 4 is 10.9 Å². The number of hydrogen-bond acceptors (Lipinski definition) is 3. The molecule has 4 heterocycles. The molecule has 3 aromatic rings. The summed E-state index contributed by atoms with van der Waals surface area (Å²) in [6, 6.07) is 10.1. The molecule has 3 unspecified atom stereocenters. The number of aromatic nitrogens is 2. The van der Waals surface area contributed by atoms with Gasteiger partial charge in [0.2, 0.25) is 0 Å². The fourth-order valence-electron chi connectivity index (χ4n) is 6.29. The summed E-state index contributed by atoms with van der Waals surface area (Å²) in [6.07, 6.45) is 7.24. The Labute approximate surface area is 172 Å². The summed E-state index contributed by atoms with van der Waals surface area (Å²) < 4.78 is 2.46. The fourth-order valence-corrected chi connectivity index (χ4v) is 6.29. The lowest BCUT2D eigenvalue weighted by Crippen LogP contribution is -2.36. The Morgan fingerprint density at radius 1 is 1.21 bits per heavy atom. The minimum absolute atomic E-state index is 0.518. The van der Waals surface area contributed by atoms with E-state index in [-0.39, 0.29) is 0 Å². The molecule has 2 aliphatic heterocycles. The van der Waals surface area contributed by atoms with Gasteiger partial charge in [0.15, 0.2) is 0 Å². The van der Waals surface area contributed by atoms with Gasteiger partial charge in [-0.1, -0.05) is 11.6 Å². The highest BCUT2D eigenvalue weighted by Crippen LogP contribution is 2.48. The van der Waals surface area contributed by atoms with E-state index in [9.17, 15) is 5.11 Å². The smallest absolute Gasteiger partial charge is 0.109 e. The van der Waals surface area contributed by atoms with Gasteiger partial charge >= 0.3 is 0 Å². The van der Waals surface area contributed by atoms with Gasteiger partial charge in [0, 0.05) is 52.6 Å². The number of aryl methyl sites for hydroxylation is 3. The van der Waals surface area contributed by atoms with Crippen LogP contribution in [-0.2, 0) is 25.0 Å². The molecule has 3 atom stereocenters. The molecule has 1 N–H and O–H groups in total. The molecular formula is C25H29N3O. The van der Waals surface area contributed by atoms with Crippen LogP contribution in [0.1, 0.15) is 58.9 Å². The summed E-state index contributed by atoms with van der Waals surface area (Å²) in [5, 5.41) is 13.1. The molecule has 0 spiro atoms. The molecule has 2 bridgehead atoms. The second-order valence-electron chi connectivity index (χ2n) is 9.60. The number of aliphatic hydroxyl groups is 1. The van der Waals surface area contributed by atoms with Gasteiger partial charge in [-0.25, -0.2) is 0 Å². The van der Waals surface area contributed by atoms with Gasteiger partial charge in [-0.3, -0.25) is 9.88 Å². The summed E-state index contributed by atoms with van der Waals surface area (Å²) in [5.41, 5.74) is 8.06. The van der Waals surface area contributed by atoms with Gasteiger partial charge in [0.05, 0.1) is 6.54 Å². The van der Waals surface area contributed by atoms with Crippen LogP contribution in [0, 0.1) is 13.8 Å². The van der Waals surface area contributed by atoms with Gasteiger partial charge in [0.25, 0.3) is 0 Å². The first-order chi connectivity index (χ1) is 13.9. The Bertz CT molecular complexity index is 1150. The van der Waals surface area contributed by atoms with Crippen molar-refractivity contribution in [2.75, 3.05) is 7.05 Å². The summed E-state index contributed by atoms with van der Waals surface area (Å²) in [4.78, 5) is 7.09. The number of rotatable bonds is 2. The lowest BCUT2D eigenvalue weighted by molar-refractivity contribution is 0.0201. The average Bonchev–Trinajstić information content (AvgIpc) is 3.24. The minimum atomic E-state index is -0.830. The number of likely N-dealkylation sites (N-methyl/N-ethyl adjacent to an activating group) is 1. The van der Waals surface area contributed by atoms with Gasteiger partial charge in [-0.05, 0) is 75.9 Å². The standard InChI is InChI=1S/C25H29N3O/c1-15-4-6-21-19(10-15)24-22-7-5-18(27(22)3)12-23(24)28(21)14-25(29)9-8-17-11-16(2)26-13-20(17)25/h4,6,10-11,13,18,22,29H,5,7-9,12,14H2,1-3H3. The van der Waals surface area contributed by atoms with E-state index < -0.39 is 5.60 Å². The van der Waals surface area contributed by atoms with E-state index in [0.29, 0.717) is 18.6 Å². The van der Waals surface area contributed by atoms with Gasteiger partial charge in [-0.15, -0.1) is 0 Å². The van der Waals surface area contributed by atoms with Crippen molar-refractivity contribution in [2.45, 2.75) is 70.2 Å². The van der Waals surface area contributed by atoms with E-state index in [1.54, 1.807) is 0 Å². The molecule has 150 valence electrons. The maximum absolute atomic E-state index is 11.7. The molecule has 4 heteroatoms. The zero-order chi connectivity index (χ0) is 19.9. The lowest BCUT2D eigenvalue weighted by Gasteiger charge is -2.33. The highest BCUT2D eigenvalue weighted by Gasteiger charge is 2.43. The lowest BCUT2D eigenvalue weighted by atomic mass is 9.95. The normalized spacial score (nSPS) is 28.1. The molecule has 2 aromatic heterocycles. The molecule has 0 saturated carbocycles. The van der Waals surface area contributed by atoms with E-state index in [1.165, 1.54) is 46.1 Å². The Morgan fingerprint density at radius 2 is 2.07 bits per heavy atom. The molecule has 1 saturated heterocycles. The Hall–Kier alpha value is -2.17. The molecule has 3 aliphatic rings. The largest absolute Gasteiger partial charge is 0.383 e. The molecule has 1 fully saturated rings.